The van der Waals surface area contributed by atoms with Crippen LogP contribution in [0.2, 0.25) is 0 Å². The second-order valence-corrected chi connectivity index (χ2v) is 7.69. The first-order valence-corrected chi connectivity index (χ1v) is 9.88. The average Bonchev–Trinajstić information content (AvgIpc) is 2.73. The molecule has 0 aliphatic carbocycles. The summed E-state index contributed by atoms with van der Waals surface area (Å²) in [5.41, 5.74) is 8.09. The van der Waals surface area contributed by atoms with E-state index in [0.29, 0.717) is 43.0 Å². The molecule has 0 unspecified atom stereocenters. The van der Waals surface area contributed by atoms with Gasteiger partial charge >= 0.3 is 0 Å². The van der Waals surface area contributed by atoms with Gasteiger partial charge in [-0.1, -0.05) is 38.1 Å². The van der Waals surface area contributed by atoms with Gasteiger partial charge < -0.3 is 10.6 Å². The standard InChI is InChI=1S/C23H26FN3O2/c1-15(2)16-6-8-18(9-7-16)23(29)27-12-10-17(11-13-27)22(28)26-21(25)19-4-3-5-20(24)14-19/h3-9,14-15,17H,10-13H2,1-2H3,(H2,25,26,28). The van der Waals surface area contributed by atoms with Crippen LogP contribution in [0.4, 0.5) is 4.39 Å². The van der Waals surface area contributed by atoms with E-state index in [-0.39, 0.29) is 23.6 Å². The molecule has 0 saturated carbocycles. The van der Waals surface area contributed by atoms with Crippen molar-refractivity contribution in [1.82, 2.24) is 4.90 Å². The fourth-order valence-corrected chi connectivity index (χ4v) is 3.45. The second-order valence-electron chi connectivity index (χ2n) is 7.69. The predicted octanol–water partition coefficient (Wildman–Crippen LogP) is 3.73. The van der Waals surface area contributed by atoms with Gasteiger partial charge in [-0.2, -0.15) is 4.99 Å². The van der Waals surface area contributed by atoms with Crippen LogP contribution < -0.4 is 5.73 Å². The van der Waals surface area contributed by atoms with Crippen molar-refractivity contribution >= 4 is 17.6 Å². The van der Waals surface area contributed by atoms with Gasteiger partial charge in [-0.15, -0.1) is 0 Å². The topological polar surface area (TPSA) is 75.8 Å². The molecule has 0 aromatic heterocycles. The molecule has 2 aromatic carbocycles. The lowest BCUT2D eigenvalue weighted by Gasteiger charge is -2.30. The maximum atomic E-state index is 13.3. The zero-order valence-corrected chi connectivity index (χ0v) is 16.8. The monoisotopic (exact) mass is 395 g/mol. The van der Waals surface area contributed by atoms with Crippen molar-refractivity contribution in [3.8, 4) is 0 Å². The molecule has 1 fully saturated rings. The van der Waals surface area contributed by atoms with E-state index in [1.807, 2.05) is 24.3 Å². The van der Waals surface area contributed by atoms with Crippen LogP contribution in [0, 0.1) is 11.7 Å². The van der Waals surface area contributed by atoms with Gasteiger partial charge in [0.15, 0.2) is 0 Å². The number of nitrogens with zero attached hydrogens (tertiary/aromatic N) is 2. The third-order valence-electron chi connectivity index (χ3n) is 5.31. The van der Waals surface area contributed by atoms with E-state index in [2.05, 4.69) is 18.8 Å². The number of aliphatic imine (C=N–C) groups is 1. The number of hydrogen-bond donors (Lipinski definition) is 1. The number of carbonyl (C=O) groups excluding carboxylic acids is 2. The summed E-state index contributed by atoms with van der Waals surface area (Å²) in [5, 5.41) is 0. The number of amidine groups is 1. The highest BCUT2D eigenvalue weighted by Gasteiger charge is 2.28. The smallest absolute Gasteiger partial charge is 0.253 e. The van der Waals surface area contributed by atoms with Crippen LogP contribution in [0.1, 0.15) is 54.1 Å². The second kappa shape index (κ2) is 8.99. The molecule has 29 heavy (non-hydrogen) atoms. The minimum Gasteiger partial charge on any atom is -0.383 e. The normalized spacial score (nSPS) is 15.6. The van der Waals surface area contributed by atoms with Crippen LogP contribution in [0.5, 0.6) is 0 Å². The summed E-state index contributed by atoms with van der Waals surface area (Å²) in [6.07, 6.45) is 1.07. The number of benzene rings is 2. The van der Waals surface area contributed by atoms with Crippen LogP contribution in [0.3, 0.4) is 0 Å². The summed E-state index contributed by atoms with van der Waals surface area (Å²) in [6, 6.07) is 13.4. The summed E-state index contributed by atoms with van der Waals surface area (Å²) < 4.78 is 13.3. The van der Waals surface area contributed by atoms with E-state index in [9.17, 15) is 14.0 Å². The Kier molecular flexibility index (Phi) is 6.42. The van der Waals surface area contributed by atoms with Crippen molar-refractivity contribution in [3.05, 3.63) is 71.0 Å². The van der Waals surface area contributed by atoms with E-state index in [1.54, 1.807) is 11.0 Å². The van der Waals surface area contributed by atoms with E-state index in [4.69, 9.17) is 5.73 Å². The van der Waals surface area contributed by atoms with Gasteiger partial charge in [-0.05, 0) is 48.6 Å². The summed E-state index contributed by atoms with van der Waals surface area (Å²) in [4.78, 5) is 30.9. The number of carbonyl (C=O) groups is 2. The van der Waals surface area contributed by atoms with Crippen molar-refractivity contribution in [3.63, 3.8) is 0 Å². The SMILES string of the molecule is CC(C)c1ccc(C(=O)N2CCC(C(=O)N=C(N)c3cccc(F)c3)CC2)cc1. The van der Waals surface area contributed by atoms with Gasteiger partial charge in [-0.25, -0.2) is 4.39 Å². The Labute approximate surface area is 170 Å². The third kappa shape index (κ3) is 5.08. The number of rotatable bonds is 4. The quantitative estimate of drug-likeness (QED) is 0.633. The van der Waals surface area contributed by atoms with E-state index < -0.39 is 5.82 Å². The minimum atomic E-state index is -0.429. The molecule has 1 aliphatic heterocycles. The van der Waals surface area contributed by atoms with Gasteiger partial charge in [0, 0.05) is 30.1 Å². The molecule has 2 amide bonds. The molecule has 1 heterocycles. The molecule has 0 spiro atoms. The van der Waals surface area contributed by atoms with E-state index >= 15 is 0 Å². The fraction of sp³-hybridized carbons (Fsp3) is 0.348. The third-order valence-corrected chi connectivity index (χ3v) is 5.31. The highest BCUT2D eigenvalue weighted by atomic mass is 19.1. The number of piperidine rings is 1. The first-order chi connectivity index (χ1) is 13.8. The molecule has 1 aliphatic rings. The van der Waals surface area contributed by atoms with Crippen LogP contribution in [-0.4, -0.2) is 35.6 Å². The Balaban J connectivity index is 1.58. The van der Waals surface area contributed by atoms with Gasteiger partial charge in [0.25, 0.3) is 11.8 Å². The largest absolute Gasteiger partial charge is 0.383 e. The molecule has 6 heteroatoms. The Morgan fingerprint density at radius 1 is 1.07 bits per heavy atom. The van der Waals surface area contributed by atoms with Gasteiger partial charge in [0.2, 0.25) is 0 Å². The molecule has 152 valence electrons. The van der Waals surface area contributed by atoms with Crippen molar-refractivity contribution in [2.75, 3.05) is 13.1 Å². The lowest BCUT2D eigenvalue weighted by atomic mass is 9.95. The number of amides is 2. The Morgan fingerprint density at radius 3 is 2.31 bits per heavy atom. The summed E-state index contributed by atoms with van der Waals surface area (Å²) in [6.45, 7) is 5.22. The molecule has 2 N–H and O–H groups in total. The van der Waals surface area contributed by atoms with Gasteiger partial charge in [0.1, 0.15) is 11.7 Å². The first kappa shape index (κ1) is 20.7. The average molecular weight is 395 g/mol. The van der Waals surface area contributed by atoms with Gasteiger partial charge in [0.05, 0.1) is 0 Å². The van der Waals surface area contributed by atoms with Crippen LogP contribution in [0.15, 0.2) is 53.5 Å². The molecule has 3 rings (SSSR count). The van der Waals surface area contributed by atoms with Crippen LogP contribution in [0.25, 0.3) is 0 Å². The minimum absolute atomic E-state index is 0.0123. The van der Waals surface area contributed by atoms with Crippen molar-refractivity contribution < 1.29 is 14.0 Å². The highest BCUT2D eigenvalue weighted by Crippen LogP contribution is 2.22. The lowest BCUT2D eigenvalue weighted by Crippen LogP contribution is -2.40. The van der Waals surface area contributed by atoms with Crippen LogP contribution in [-0.2, 0) is 4.79 Å². The summed E-state index contributed by atoms with van der Waals surface area (Å²) in [5.74, 6) is -0.621. The van der Waals surface area contributed by atoms with Crippen molar-refractivity contribution in [2.45, 2.75) is 32.6 Å². The molecule has 2 aromatic rings. The fourth-order valence-electron chi connectivity index (χ4n) is 3.45. The van der Waals surface area contributed by atoms with Crippen molar-refractivity contribution in [2.24, 2.45) is 16.6 Å². The number of nitrogens with two attached hydrogens (primary N) is 1. The number of likely N-dealkylation sites (tertiary alicyclic amines) is 1. The lowest BCUT2D eigenvalue weighted by molar-refractivity contribution is -0.122. The Morgan fingerprint density at radius 2 is 1.72 bits per heavy atom. The number of hydrogen-bond acceptors (Lipinski definition) is 2. The van der Waals surface area contributed by atoms with E-state index in [1.165, 1.54) is 23.8 Å². The zero-order chi connectivity index (χ0) is 21.0. The predicted molar refractivity (Wildman–Crippen MR) is 111 cm³/mol. The Hall–Kier alpha value is -3.02. The molecule has 0 radical (unpaired) electrons. The summed E-state index contributed by atoms with van der Waals surface area (Å²) >= 11 is 0. The molecular formula is C23H26FN3O2. The van der Waals surface area contributed by atoms with Gasteiger partial charge in [-0.3, -0.25) is 9.59 Å². The maximum Gasteiger partial charge on any atom is 0.253 e. The van der Waals surface area contributed by atoms with E-state index in [0.717, 1.165) is 0 Å². The number of halogens is 1. The first-order valence-electron chi connectivity index (χ1n) is 9.88. The Bertz CT molecular complexity index is 914. The van der Waals surface area contributed by atoms with Crippen molar-refractivity contribution in [1.29, 1.82) is 0 Å². The highest BCUT2D eigenvalue weighted by molar-refractivity contribution is 6.04. The molecule has 0 atom stereocenters. The molecular weight excluding hydrogens is 369 g/mol. The molecule has 1 saturated heterocycles. The molecule has 0 bridgehead atoms. The maximum absolute atomic E-state index is 13.3. The molecule has 5 nitrogen and oxygen atoms in total. The van der Waals surface area contributed by atoms with Crippen LogP contribution >= 0.6 is 0 Å². The zero-order valence-electron chi connectivity index (χ0n) is 16.8. The summed E-state index contributed by atoms with van der Waals surface area (Å²) in [7, 11) is 0.